The lowest BCUT2D eigenvalue weighted by molar-refractivity contribution is 0.672. The lowest BCUT2D eigenvalue weighted by Crippen LogP contribution is -2.38. The summed E-state index contributed by atoms with van der Waals surface area (Å²) in [6, 6.07) is 0. The fourth-order valence-electron chi connectivity index (χ4n) is 2.13. The molecular formula is C11H16N6OS. The number of aromatic amines is 1. The van der Waals surface area contributed by atoms with Crippen molar-refractivity contribution >= 4 is 33.7 Å². The van der Waals surface area contributed by atoms with Gasteiger partial charge in [-0.25, -0.2) is 4.98 Å². The van der Waals surface area contributed by atoms with E-state index in [4.69, 9.17) is 0 Å². The highest BCUT2D eigenvalue weighted by Crippen LogP contribution is 2.23. The fourth-order valence-corrected chi connectivity index (χ4v) is 3.19. The molecule has 1 aliphatic heterocycles. The van der Waals surface area contributed by atoms with E-state index >= 15 is 0 Å². The highest BCUT2D eigenvalue weighted by atomic mass is 32.2. The molecule has 1 fully saturated rings. The minimum atomic E-state index is -0.694. The second-order valence-electron chi connectivity index (χ2n) is 4.34. The van der Waals surface area contributed by atoms with Crippen LogP contribution in [0.15, 0.2) is 6.33 Å². The van der Waals surface area contributed by atoms with Gasteiger partial charge in [-0.15, -0.1) is 0 Å². The molecular weight excluding hydrogens is 264 g/mol. The number of aromatic nitrogens is 4. The van der Waals surface area contributed by atoms with Crippen molar-refractivity contribution < 1.29 is 4.21 Å². The Morgan fingerprint density at radius 1 is 1.42 bits per heavy atom. The van der Waals surface area contributed by atoms with E-state index in [-0.39, 0.29) is 0 Å². The Balaban J connectivity index is 2.00. The quantitative estimate of drug-likeness (QED) is 0.844. The number of imidazole rings is 1. The first-order chi connectivity index (χ1) is 9.28. The van der Waals surface area contributed by atoms with Gasteiger partial charge in [0.15, 0.2) is 11.5 Å². The summed E-state index contributed by atoms with van der Waals surface area (Å²) in [5, 5.41) is 3.11. The Hall–Kier alpha value is -1.70. The molecule has 19 heavy (non-hydrogen) atoms. The van der Waals surface area contributed by atoms with Gasteiger partial charge in [0.1, 0.15) is 5.52 Å². The number of nitrogens with one attached hydrogen (secondary N) is 2. The first kappa shape index (κ1) is 12.3. The first-order valence-electron chi connectivity index (χ1n) is 6.33. The third-order valence-corrected chi connectivity index (χ3v) is 4.35. The van der Waals surface area contributed by atoms with Crippen LogP contribution >= 0.6 is 0 Å². The maximum absolute atomic E-state index is 11.4. The van der Waals surface area contributed by atoms with E-state index in [0.29, 0.717) is 23.1 Å². The van der Waals surface area contributed by atoms with Crippen molar-refractivity contribution in [1.29, 1.82) is 0 Å². The first-order valence-corrected chi connectivity index (χ1v) is 7.81. The predicted octanol–water partition coefficient (Wildman–Crippen LogP) is 0.353. The molecule has 0 saturated carbocycles. The molecule has 3 rings (SSSR count). The molecule has 0 atom stereocenters. The molecule has 2 aromatic rings. The van der Waals surface area contributed by atoms with Gasteiger partial charge < -0.3 is 15.2 Å². The predicted molar refractivity (Wildman–Crippen MR) is 75.9 cm³/mol. The van der Waals surface area contributed by atoms with Crippen molar-refractivity contribution in [2.45, 2.75) is 6.92 Å². The molecule has 3 heterocycles. The number of hydrogen-bond donors (Lipinski definition) is 2. The SMILES string of the molecule is CCNc1nc(N2CCS(=O)CC2)c2[nH]cnc2n1. The van der Waals surface area contributed by atoms with Crippen LogP contribution in [0.2, 0.25) is 0 Å². The van der Waals surface area contributed by atoms with Crippen LogP contribution in [0.1, 0.15) is 6.92 Å². The minimum absolute atomic E-state index is 0.587. The Bertz CT molecular complexity index is 602. The van der Waals surface area contributed by atoms with Crippen molar-refractivity contribution in [2.75, 3.05) is 41.4 Å². The Kier molecular flexibility index (Phi) is 3.33. The van der Waals surface area contributed by atoms with Crippen LogP contribution < -0.4 is 10.2 Å². The van der Waals surface area contributed by atoms with Gasteiger partial charge in [-0.1, -0.05) is 0 Å². The van der Waals surface area contributed by atoms with Gasteiger partial charge in [0, 0.05) is 41.9 Å². The molecule has 2 N–H and O–H groups in total. The lowest BCUT2D eigenvalue weighted by Gasteiger charge is -2.27. The van der Waals surface area contributed by atoms with Crippen LogP contribution in [0.3, 0.4) is 0 Å². The van der Waals surface area contributed by atoms with Gasteiger partial charge >= 0.3 is 0 Å². The maximum Gasteiger partial charge on any atom is 0.226 e. The van der Waals surface area contributed by atoms with E-state index in [1.807, 2.05) is 6.92 Å². The highest BCUT2D eigenvalue weighted by molar-refractivity contribution is 7.85. The smallest absolute Gasteiger partial charge is 0.226 e. The second-order valence-corrected chi connectivity index (χ2v) is 6.03. The third kappa shape index (κ3) is 2.40. The summed E-state index contributed by atoms with van der Waals surface area (Å²) in [6.07, 6.45) is 1.63. The Labute approximate surface area is 113 Å². The summed E-state index contributed by atoms with van der Waals surface area (Å²) < 4.78 is 11.4. The molecule has 7 nitrogen and oxygen atoms in total. The van der Waals surface area contributed by atoms with E-state index in [2.05, 4.69) is 30.2 Å². The number of H-pyrrole nitrogens is 1. The van der Waals surface area contributed by atoms with E-state index in [1.54, 1.807) is 6.33 Å². The number of hydrogen-bond acceptors (Lipinski definition) is 6. The van der Waals surface area contributed by atoms with Crippen LogP contribution in [0.4, 0.5) is 11.8 Å². The second kappa shape index (κ2) is 5.12. The van der Waals surface area contributed by atoms with Gasteiger partial charge in [0.05, 0.1) is 6.33 Å². The number of rotatable bonds is 3. The van der Waals surface area contributed by atoms with E-state index in [9.17, 15) is 4.21 Å². The van der Waals surface area contributed by atoms with Crippen LogP contribution in [-0.4, -0.2) is 55.3 Å². The van der Waals surface area contributed by atoms with E-state index in [0.717, 1.165) is 31.0 Å². The normalized spacial score (nSPS) is 17.0. The molecule has 0 spiro atoms. The summed E-state index contributed by atoms with van der Waals surface area (Å²) in [5.41, 5.74) is 1.50. The average molecular weight is 280 g/mol. The van der Waals surface area contributed by atoms with E-state index < -0.39 is 10.8 Å². The van der Waals surface area contributed by atoms with Gasteiger partial charge in [-0.2, -0.15) is 9.97 Å². The van der Waals surface area contributed by atoms with Crippen LogP contribution in [-0.2, 0) is 10.8 Å². The summed E-state index contributed by atoms with van der Waals surface area (Å²) >= 11 is 0. The van der Waals surface area contributed by atoms with Gasteiger partial charge in [0.2, 0.25) is 5.95 Å². The molecule has 0 aliphatic carbocycles. The standard InChI is InChI=1S/C11H16N6OS/c1-2-12-11-15-9-8(13-7-14-9)10(16-11)17-3-5-19(18)6-4-17/h7H,2-6H2,1H3,(H2,12,13,14,15,16). The Morgan fingerprint density at radius 3 is 2.95 bits per heavy atom. The zero-order valence-corrected chi connectivity index (χ0v) is 11.5. The van der Waals surface area contributed by atoms with Gasteiger partial charge in [0.25, 0.3) is 0 Å². The number of fused-ring (bicyclic) bond motifs is 1. The molecule has 0 aromatic carbocycles. The van der Waals surface area contributed by atoms with Crippen LogP contribution in [0.25, 0.3) is 11.2 Å². The lowest BCUT2D eigenvalue weighted by atomic mass is 10.4. The third-order valence-electron chi connectivity index (χ3n) is 3.08. The Morgan fingerprint density at radius 2 is 2.21 bits per heavy atom. The molecule has 1 aliphatic rings. The van der Waals surface area contributed by atoms with Crippen molar-refractivity contribution in [3.8, 4) is 0 Å². The maximum atomic E-state index is 11.4. The molecule has 0 unspecified atom stereocenters. The summed E-state index contributed by atoms with van der Waals surface area (Å²) in [4.78, 5) is 18.3. The molecule has 0 radical (unpaired) electrons. The van der Waals surface area contributed by atoms with Crippen molar-refractivity contribution in [3.05, 3.63) is 6.33 Å². The van der Waals surface area contributed by atoms with Crippen molar-refractivity contribution in [1.82, 2.24) is 19.9 Å². The van der Waals surface area contributed by atoms with Crippen molar-refractivity contribution in [3.63, 3.8) is 0 Å². The molecule has 102 valence electrons. The van der Waals surface area contributed by atoms with Gasteiger partial charge in [-0.3, -0.25) is 4.21 Å². The summed E-state index contributed by atoms with van der Waals surface area (Å²) in [5.74, 6) is 2.81. The zero-order chi connectivity index (χ0) is 13.2. The molecule has 8 heteroatoms. The molecule has 0 bridgehead atoms. The van der Waals surface area contributed by atoms with Gasteiger partial charge in [-0.05, 0) is 6.92 Å². The van der Waals surface area contributed by atoms with Crippen LogP contribution in [0.5, 0.6) is 0 Å². The summed E-state index contributed by atoms with van der Waals surface area (Å²) in [7, 11) is -0.694. The highest BCUT2D eigenvalue weighted by Gasteiger charge is 2.20. The zero-order valence-electron chi connectivity index (χ0n) is 10.7. The summed E-state index contributed by atoms with van der Waals surface area (Å²) in [6.45, 7) is 4.27. The fraction of sp³-hybridized carbons (Fsp3) is 0.545. The van der Waals surface area contributed by atoms with Crippen molar-refractivity contribution in [2.24, 2.45) is 0 Å². The van der Waals surface area contributed by atoms with E-state index in [1.165, 1.54) is 0 Å². The topological polar surface area (TPSA) is 86.8 Å². The largest absolute Gasteiger partial charge is 0.354 e. The number of nitrogens with zero attached hydrogens (tertiary/aromatic N) is 4. The minimum Gasteiger partial charge on any atom is -0.354 e. The molecule has 2 aromatic heterocycles. The average Bonchev–Trinajstić information content (AvgIpc) is 2.87. The monoisotopic (exact) mass is 280 g/mol. The molecule has 0 amide bonds. The molecule has 1 saturated heterocycles. The number of anilines is 2. The van der Waals surface area contributed by atoms with Crippen LogP contribution in [0, 0.1) is 0 Å².